The second-order valence-corrected chi connectivity index (χ2v) is 6.80. The Bertz CT molecular complexity index is 1160. The van der Waals surface area contributed by atoms with E-state index in [1.165, 1.54) is 0 Å². The van der Waals surface area contributed by atoms with Crippen molar-refractivity contribution >= 4 is 11.7 Å². The van der Waals surface area contributed by atoms with Crippen LogP contribution in [0.15, 0.2) is 10.9 Å². The number of aromatic amines is 1. The summed E-state index contributed by atoms with van der Waals surface area (Å²) in [5.41, 5.74) is 2.81. The lowest BCUT2D eigenvalue weighted by atomic mass is 10.1. The van der Waals surface area contributed by atoms with E-state index in [-0.39, 0.29) is 24.3 Å². The summed E-state index contributed by atoms with van der Waals surface area (Å²) < 4.78 is 39.6. The molecule has 0 fully saturated rings. The highest BCUT2D eigenvalue weighted by atomic mass is 19.4. The number of aryl methyl sites for hydroxylation is 4. The van der Waals surface area contributed by atoms with Gasteiger partial charge in [-0.3, -0.25) is 9.59 Å². The quantitative estimate of drug-likeness (QED) is 0.686. The van der Waals surface area contributed by atoms with E-state index in [9.17, 15) is 22.8 Å². The second kappa shape index (κ2) is 7.30. The van der Waals surface area contributed by atoms with Crippen LogP contribution in [-0.4, -0.2) is 30.5 Å². The summed E-state index contributed by atoms with van der Waals surface area (Å²) in [7, 11) is 0. The van der Waals surface area contributed by atoms with Crippen molar-refractivity contribution in [1.29, 1.82) is 0 Å². The standard InChI is InChI=1S/C18H19F3N6O2/c1-8-5-9(2)23-15(29)13(8)7-22-14(28)6-12-10(3)24-17-25-16(18(19,20)21)26-27(17)11(12)4/h5H,6-7H2,1-4H3,(H,22,28)(H,23,29). The van der Waals surface area contributed by atoms with Crippen molar-refractivity contribution in [3.8, 4) is 0 Å². The third kappa shape index (κ3) is 4.13. The Morgan fingerprint density at radius 1 is 1.17 bits per heavy atom. The maximum Gasteiger partial charge on any atom is 0.453 e. The number of aromatic nitrogens is 5. The minimum Gasteiger partial charge on any atom is -0.352 e. The molecule has 0 saturated heterocycles. The Balaban J connectivity index is 1.82. The van der Waals surface area contributed by atoms with Gasteiger partial charge in [0.15, 0.2) is 0 Å². The molecule has 0 aromatic carbocycles. The van der Waals surface area contributed by atoms with E-state index in [1.54, 1.807) is 33.8 Å². The van der Waals surface area contributed by atoms with Crippen LogP contribution in [0.1, 0.15) is 39.6 Å². The molecule has 2 N–H and O–H groups in total. The van der Waals surface area contributed by atoms with Crippen LogP contribution in [0.2, 0.25) is 0 Å². The number of fused-ring (bicyclic) bond motifs is 1. The van der Waals surface area contributed by atoms with E-state index >= 15 is 0 Å². The fraction of sp³-hybridized carbons (Fsp3) is 0.389. The van der Waals surface area contributed by atoms with Gasteiger partial charge in [0.25, 0.3) is 17.2 Å². The van der Waals surface area contributed by atoms with Gasteiger partial charge in [-0.2, -0.15) is 18.2 Å². The first-order chi connectivity index (χ1) is 13.5. The van der Waals surface area contributed by atoms with Crippen LogP contribution in [0.4, 0.5) is 13.2 Å². The van der Waals surface area contributed by atoms with Crippen molar-refractivity contribution in [1.82, 2.24) is 29.9 Å². The first kappa shape index (κ1) is 20.5. The van der Waals surface area contributed by atoms with Crippen LogP contribution in [0.3, 0.4) is 0 Å². The number of pyridine rings is 1. The third-order valence-electron chi connectivity index (χ3n) is 4.60. The fourth-order valence-corrected chi connectivity index (χ4v) is 3.10. The predicted molar refractivity (Wildman–Crippen MR) is 97.3 cm³/mol. The van der Waals surface area contributed by atoms with Crippen molar-refractivity contribution in [2.45, 2.75) is 46.8 Å². The first-order valence-corrected chi connectivity index (χ1v) is 8.73. The molecule has 8 nitrogen and oxygen atoms in total. The first-order valence-electron chi connectivity index (χ1n) is 8.73. The molecule has 3 aromatic rings. The number of carbonyl (C=O) groups is 1. The van der Waals surface area contributed by atoms with Gasteiger partial charge < -0.3 is 10.3 Å². The number of rotatable bonds is 4. The van der Waals surface area contributed by atoms with Gasteiger partial charge in [-0.15, -0.1) is 5.10 Å². The smallest absolute Gasteiger partial charge is 0.352 e. The molecule has 29 heavy (non-hydrogen) atoms. The lowest BCUT2D eigenvalue weighted by molar-refractivity contribution is -0.144. The monoisotopic (exact) mass is 408 g/mol. The van der Waals surface area contributed by atoms with Gasteiger partial charge in [0.2, 0.25) is 5.91 Å². The maximum atomic E-state index is 12.9. The Labute approximate surface area is 163 Å². The molecular formula is C18H19F3N6O2. The van der Waals surface area contributed by atoms with E-state index in [4.69, 9.17) is 0 Å². The Hall–Kier alpha value is -3.24. The average molecular weight is 408 g/mol. The van der Waals surface area contributed by atoms with Crippen molar-refractivity contribution in [2.75, 3.05) is 0 Å². The van der Waals surface area contributed by atoms with Crippen LogP contribution < -0.4 is 10.9 Å². The van der Waals surface area contributed by atoms with Gasteiger partial charge in [0.1, 0.15) is 0 Å². The van der Waals surface area contributed by atoms with Gasteiger partial charge in [-0.1, -0.05) is 0 Å². The normalized spacial score (nSPS) is 11.8. The molecule has 0 aliphatic rings. The molecule has 3 rings (SSSR count). The summed E-state index contributed by atoms with van der Waals surface area (Å²) in [5, 5.41) is 6.13. The number of amides is 1. The van der Waals surface area contributed by atoms with E-state index in [1.807, 2.05) is 0 Å². The van der Waals surface area contributed by atoms with Gasteiger partial charge >= 0.3 is 6.18 Å². The number of carbonyl (C=O) groups excluding carboxylic acids is 1. The van der Waals surface area contributed by atoms with E-state index in [0.717, 1.165) is 15.8 Å². The highest BCUT2D eigenvalue weighted by Crippen LogP contribution is 2.27. The number of hydrogen-bond acceptors (Lipinski definition) is 5. The molecule has 0 saturated carbocycles. The Kier molecular flexibility index (Phi) is 5.16. The molecule has 0 atom stereocenters. The maximum absolute atomic E-state index is 12.9. The summed E-state index contributed by atoms with van der Waals surface area (Å²) in [6.07, 6.45) is -4.81. The fourth-order valence-electron chi connectivity index (χ4n) is 3.10. The van der Waals surface area contributed by atoms with Crippen molar-refractivity contribution in [3.05, 3.63) is 56.0 Å². The molecule has 0 bridgehead atoms. The molecule has 11 heteroatoms. The van der Waals surface area contributed by atoms with E-state index < -0.39 is 17.9 Å². The molecule has 0 unspecified atom stereocenters. The summed E-state index contributed by atoms with van der Waals surface area (Å²) in [6.45, 7) is 6.72. The van der Waals surface area contributed by atoms with Crippen LogP contribution >= 0.6 is 0 Å². The van der Waals surface area contributed by atoms with E-state index in [2.05, 4.69) is 25.4 Å². The highest BCUT2D eigenvalue weighted by Gasteiger charge is 2.37. The molecular weight excluding hydrogens is 389 g/mol. The zero-order valence-electron chi connectivity index (χ0n) is 16.2. The minimum atomic E-state index is -4.69. The molecule has 3 aromatic heterocycles. The Morgan fingerprint density at radius 3 is 2.48 bits per heavy atom. The van der Waals surface area contributed by atoms with Crippen LogP contribution in [0.5, 0.6) is 0 Å². The van der Waals surface area contributed by atoms with Gasteiger partial charge in [0, 0.05) is 34.8 Å². The molecule has 0 aliphatic carbocycles. The summed E-state index contributed by atoms with van der Waals surface area (Å²) >= 11 is 0. The summed E-state index contributed by atoms with van der Waals surface area (Å²) in [6, 6.07) is 1.80. The van der Waals surface area contributed by atoms with Gasteiger partial charge in [-0.25, -0.2) is 9.50 Å². The van der Waals surface area contributed by atoms with Crippen molar-refractivity contribution < 1.29 is 18.0 Å². The number of halogens is 3. The van der Waals surface area contributed by atoms with Crippen LogP contribution in [0, 0.1) is 27.7 Å². The van der Waals surface area contributed by atoms with Crippen LogP contribution in [0.25, 0.3) is 5.78 Å². The highest BCUT2D eigenvalue weighted by molar-refractivity contribution is 5.79. The lowest BCUT2D eigenvalue weighted by Crippen LogP contribution is -2.29. The summed E-state index contributed by atoms with van der Waals surface area (Å²) in [4.78, 5) is 34.6. The van der Waals surface area contributed by atoms with Crippen molar-refractivity contribution in [2.24, 2.45) is 0 Å². The molecule has 1 amide bonds. The third-order valence-corrected chi connectivity index (χ3v) is 4.60. The number of H-pyrrole nitrogens is 1. The second-order valence-electron chi connectivity index (χ2n) is 6.80. The minimum absolute atomic E-state index is 0.0373. The summed E-state index contributed by atoms with van der Waals surface area (Å²) in [5.74, 6) is -1.87. The van der Waals surface area contributed by atoms with Gasteiger partial charge in [-0.05, 0) is 39.3 Å². The van der Waals surface area contributed by atoms with E-state index in [0.29, 0.717) is 22.5 Å². The molecule has 154 valence electrons. The molecule has 0 spiro atoms. The van der Waals surface area contributed by atoms with Crippen molar-refractivity contribution in [3.63, 3.8) is 0 Å². The number of nitrogens with zero attached hydrogens (tertiary/aromatic N) is 4. The van der Waals surface area contributed by atoms with Gasteiger partial charge in [0.05, 0.1) is 6.42 Å². The lowest BCUT2D eigenvalue weighted by Gasteiger charge is -2.11. The molecule has 0 aliphatic heterocycles. The topological polar surface area (TPSA) is 105 Å². The molecule has 0 radical (unpaired) electrons. The van der Waals surface area contributed by atoms with Crippen LogP contribution in [-0.2, 0) is 23.9 Å². The SMILES string of the molecule is Cc1cc(C)c(CNC(=O)Cc2c(C)nc3nc(C(F)(F)F)nn3c2C)c(=O)[nH]1. The zero-order chi connectivity index (χ0) is 21.5. The molecule has 3 heterocycles. The Morgan fingerprint density at radius 2 is 1.86 bits per heavy atom. The number of hydrogen-bond donors (Lipinski definition) is 2. The number of nitrogens with one attached hydrogen (secondary N) is 2. The zero-order valence-corrected chi connectivity index (χ0v) is 16.2. The predicted octanol–water partition coefficient (Wildman–Crippen LogP) is 1.92. The number of alkyl halides is 3. The largest absolute Gasteiger partial charge is 0.453 e. The average Bonchev–Trinajstić information content (AvgIpc) is 3.02.